The Balaban J connectivity index is 1.42. The number of hydrogen-bond donors (Lipinski definition) is 3. The third kappa shape index (κ3) is 9.56. The van der Waals surface area contributed by atoms with Gasteiger partial charge in [0.25, 0.3) is 11.8 Å². The van der Waals surface area contributed by atoms with E-state index in [1.807, 2.05) is 104 Å². The lowest BCUT2D eigenvalue weighted by Gasteiger charge is -2.39. The lowest BCUT2D eigenvalue weighted by atomic mass is 9.87. The second-order valence-electron chi connectivity index (χ2n) is 13.3. The Labute approximate surface area is 306 Å². The quantitative estimate of drug-likeness (QED) is 0.174. The van der Waals surface area contributed by atoms with Crippen LogP contribution in [-0.2, 0) is 27.8 Å². The first-order chi connectivity index (χ1) is 24.8. The Morgan fingerprint density at radius 3 is 2.08 bits per heavy atom. The largest absolute Gasteiger partial charge is 0.497 e. The molecule has 0 spiro atoms. The number of amides is 3. The number of anilines is 1. The van der Waals surface area contributed by atoms with Crippen LogP contribution in [0.25, 0.3) is 0 Å². The lowest BCUT2D eigenvalue weighted by Crippen LogP contribution is -2.60. The third-order valence-electron chi connectivity index (χ3n) is 9.58. The normalized spacial score (nSPS) is 16.4. The van der Waals surface area contributed by atoms with E-state index in [9.17, 15) is 22.8 Å². The molecular formula is C40H47N5O6S. The summed E-state index contributed by atoms with van der Waals surface area (Å²) in [6.07, 6.45) is 1.49. The number of methoxy groups -OCH3 is 1. The van der Waals surface area contributed by atoms with Crippen molar-refractivity contribution in [3.8, 4) is 5.75 Å². The minimum Gasteiger partial charge on any atom is -0.497 e. The second kappa shape index (κ2) is 16.9. The Kier molecular flexibility index (Phi) is 12.3. The summed E-state index contributed by atoms with van der Waals surface area (Å²) in [4.78, 5) is 43.5. The van der Waals surface area contributed by atoms with Crippen LogP contribution in [0.3, 0.4) is 0 Å². The highest BCUT2D eigenvalue weighted by molar-refractivity contribution is 7.92. The van der Waals surface area contributed by atoms with Gasteiger partial charge in [-0.25, -0.2) is 8.42 Å². The Morgan fingerprint density at radius 2 is 1.48 bits per heavy atom. The van der Waals surface area contributed by atoms with Gasteiger partial charge >= 0.3 is 0 Å². The summed E-state index contributed by atoms with van der Waals surface area (Å²) >= 11 is 0. The van der Waals surface area contributed by atoms with Crippen molar-refractivity contribution in [1.29, 1.82) is 0 Å². The van der Waals surface area contributed by atoms with Crippen LogP contribution < -0.4 is 25.0 Å². The molecule has 5 rings (SSSR count). The maximum atomic E-state index is 14.2. The van der Waals surface area contributed by atoms with Crippen molar-refractivity contribution in [3.05, 3.63) is 131 Å². The first kappa shape index (κ1) is 38.0. The van der Waals surface area contributed by atoms with Crippen LogP contribution >= 0.6 is 0 Å². The van der Waals surface area contributed by atoms with Crippen molar-refractivity contribution in [2.75, 3.05) is 37.8 Å². The van der Waals surface area contributed by atoms with Crippen molar-refractivity contribution >= 4 is 33.4 Å². The number of carbonyl (C=O) groups is 3. The van der Waals surface area contributed by atoms with Gasteiger partial charge in [0.05, 0.1) is 31.1 Å². The molecule has 1 saturated heterocycles. The Bertz CT molecular complexity index is 1960. The summed E-state index contributed by atoms with van der Waals surface area (Å²) in [6, 6.07) is 29.7. The SMILES string of the molecule is COc1ccc(CN2CCN[C@@H]([C@@H](C)[C@H](Cc3ccccc3)NC(=O)c3cc(C(=O)N[C@H](C)c4ccccc4)cc(N(C)S(C)(=O)=O)c3)C2=O)cc1. The van der Waals surface area contributed by atoms with Gasteiger partial charge in [-0.05, 0) is 60.4 Å². The molecule has 3 N–H and O–H groups in total. The number of nitrogens with zero attached hydrogens (tertiary/aromatic N) is 2. The summed E-state index contributed by atoms with van der Waals surface area (Å²) < 4.78 is 31.5. The number of hydrogen-bond acceptors (Lipinski definition) is 7. The fourth-order valence-corrected chi connectivity index (χ4v) is 6.83. The van der Waals surface area contributed by atoms with E-state index in [1.54, 1.807) is 7.11 Å². The molecular weight excluding hydrogens is 679 g/mol. The van der Waals surface area contributed by atoms with Gasteiger partial charge in [-0.1, -0.05) is 79.7 Å². The van der Waals surface area contributed by atoms with E-state index >= 15 is 0 Å². The highest BCUT2D eigenvalue weighted by Gasteiger charge is 2.37. The number of sulfonamides is 1. The van der Waals surface area contributed by atoms with Crippen molar-refractivity contribution in [1.82, 2.24) is 20.9 Å². The molecule has 0 radical (unpaired) electrons. The van der Waals surface area contributed by atoms with Crippen LogP contribution in [0.1, 0.15) is 57.3 Å². The number of piperazine rings is 1. The van der Waals surface area contributed by atoms with Crippen molar-refractivity contribution in [2.24, 2.45) is 5.92 Å². The maximum Gasteiger partial charge on any atom is 0.251 e. The predicted octanol–water partition coefficient (Wildman–Crippen LogP) is 4.56. The highest BCUT2D eigenvalue weighted by Crippen LogP contribution is 2.24. The molecule has 0 bridgehead atoms. The zero-order chi connectivity index (χ0) is 37.4. The van der Waals surface area contributed by atoms with Gasteiger partial charge in [0.15, 0.2) is 0 Å². The van der Waals surface area contributed by atoms with Crippen molar-refractivity contribution < 1.29 is 27.5 Å². The number of rotatable bonds is 14. The summed E-state index contributed by atoms with van der Waals surface area (Å²) in [5.74, 6) is -0.640. The Hall–Kier alpha value is -5.20. The van der Waals surface area contributed by atoms with E-state index in [1.165, 1.54) is 25.2 Å². The minimum absolute atomic E-state index is 0.0647. The van der Waals surface area contributed by atoms with Gasteiger partial charge in [-0.2, -0.15) is 0 Å². The molecule has 274 valence electrons. The summed E-state index contributed by atoms with van der Waals surface area (Å²) in [5, 5.41) is 9.50. The molecule has 0 aromatic heterocycles. The molecule has 0 unspecified atom stereocenters. The summed E-state index contributed by atoms with van der Waals surface area (Å²) in [6.45, 7) is 5.36. The number of nitrogens with one attached hydrogen (secondary N) is 3. The van der Waals surface area contributed by atoms with Gasteiger partial charge in [0.1, 0.15) is 5.75 Å². The standard InChI is InChI=1S/C40H47N5O6S/c1-27(37-40(48)45(21-20-41-37)26-30-16-18-35(51-4)19-17-30)36(22-29-12-8-6-9-13-29)43-39(47)33-23-32(24-34(25-33)44(3)52(5,49)50)38(46)42-28(2)31-14-10-7-11-15-31/h6-19,23-25,27-28,36-37,41H,20-22,26H2,1-5H3,(H,42,46)(H,43,47)/t27-,28+,36-,37-/m0/s1. The fourth-order valence-electron chi connectivity index (χ4n) is 6.34. The third-order valence-corrected chi connectivity index (χ3v) is 10.8. The van der Waals surface area contributed by atoms with Crippen LogP contribution in [0, 0.1) is 5.92 Å². The predicted molar refractivity (Wildman–Crippen MR) is 203 cm³/mol. The molecule has 1 aliphatic rings. The molecule has 4 aromatic carbocycles. The number of benzene rings is 4. The Morgan fingerprint density at radius 1 is 0.885 bits per heavy atom. The van der Waals surface area contributed by atoms with E-state index in [0.717, 1.165) is 33.0 Å². The zero-order valence-electron chi connectivity index (χ0n) is 30.2. The average Bonchev–Trinajstić information content (AvgIpc) is 3.15. The van der Waals surface area contributed by atoms with Crippen molar-refractivity contribution in [3.63, 3.8) is 0 Å². The van der Waals surface area contributed by atoms with Gasteiger partial charge in [0.2, 0.25) is 15.9 Å². The van der Waals surface area contributed by atoms with Gasteiger partial charge < -0.3 is 25.6 Å². The van der Waals surface area contributed by atoms with E-state index in [0.29, 0.717) is 26.1 Å². The monoisotopic (exact) mass is 725 g/mol. The first-order valence-corrected chi connectivity index (χ1v) is 19.1. The van der Waals surface area contributed by atoms with Crippen LogP contribution in [0.5, 0.6) is 5.75 Å². The van der Waals surface area contributed by atoms with Gasteiger partial charge in [-0.15, -0.1) is 0 Å². The minimum atomic E-state index is -3.72. The molecule has 1 aliphatic heterocycles. The average molecular weight is 726 g/mol. The van der Waals surface area contributed by atoms with Crippen LogP contribution in [0.2, 0.25) is 0 Å². The molecule has 4 aromatic rings. The molecule has 1 fully saturated rings. The first-order valence-electron chi connectivity index (χ1n) is 17.3. The molecule has 0 saturated carbocycles. The van der Waals surface area contributed by atoms with Crippen LogP contribution in [-0.4, -0.2) is 76.6 Å². The van der Waals surface area contributed by atoms with Crippen LogP contribution in [0.4, 0.5) is 5.69 Å². The van der Waals surface area contributed by atoms with E-state index < -0.39 is 33.9 Å². The molecule has 3 amide bonds. The number of carbonyl (C=O) groups excluding carboxylic acids is 3. The fraction of sp³-hybridized carbons (Fsp3) is 0.325. The topological polar surface area (TPSA) is 137 Å². The molecule has 11 nitrogen and oxygen atoms in total. The second-order valence-corrected chi connectivity index (χ2v) is 15.3. The summed E-state index contributed by atoms with van der Waals surface area (Å²) in [5.41, 5.74) is 3.25. The van der Waals surface area contributed by atoms with Gasteiger partial charge in [0, 0.05) is 49.8 Å². The molecule has 52 heavy (non-hydrogen) atoms. The zero-order valence-corrected chi connectivity index (χ0v) is 31.0. The maximum absolute atomic E-state index is 14.2. The van der Waals surface area contributed by atoms with E-state index in [2.05, 4.69) is 16.0 Å². The van der Waals surface area contributed by atoms with Crippen molar-refractivity contribution in [2.45, 2.75) is 44.9 Å². The summed E-state index contributed by atoms with van der Waals surface area (Å²) in [7, 11) is -0.738. The van der Waals surface area contributed by atoms with E-state index in [4.69, 9.17) is 4.74 Å². The smallest absolute Gasteiger partial charge is 0.251 e. The number of ether oxygens (including phenoxy) is 1. The molecule has 4 atom stereocenters. The lowest BCUT2D eigenvalue weighted by molar-refractivity contribution is -0.138. The molecule has 12 heteroatoms. The van der Waals surface area contributed by atoms with E-state index in [-0.39, 0.29) is 34.7 Å². The molecule has 1 heterocycles. The van der Waals surface area contributed by atoms with Crippen LogP contribution in [0.15, 0.2) is 103 Å². The highest BCUT2D eigenvalue weighted by atomic mass is 32.2. The van der Waals surface area contributed by atoms with Gasteiger partial charge in [-0.3, -0.25) is 18.7 Å². The molecule has 0 aliphatic carbocycles.